The molecule has 0 amide bonds. The van der Waals surface area contributed by atoms with Gasteiger partial charge in [-0.3, -0.25) is 0 Å². The lowest BCUT2D eigenvalue weighted by Crippen LogP contribution is -2.24. The molecular formula is C60H44N2O2. The van der Waals surface area contributed by atoms with Crippen molar-refractivity contribution in [1.29, 1.82) is 0 Å². The molecule has 306 valence electrons. The lowest BCUT2D eigenvalue weighted by molar-refractivity contribution is 0.601. The van der Waals surface area contributed by atoms with Crippen LogP contribution < -0.4 is 9.80 Å². The number of fused-ring (bicyclic) bond motifs is 15. The molecule has 0 saturated heterocycles. The van der Waals surface area contributed by atoms with E-state index in [-0.39, 0.29) is 10.8 Å². The van der Waals surface area contributed by atoms with E-state index in [9.17, 15) is 0 Å². The Morgan fingerprint density at radius 2 is 0.672 bits per heavy atom. The number of hydrogen-bond acceptors (Lipinski definition) is 4. The minimum absolute atomic E-state index is 0.379. The van der Waals surface area contributed by atoms with E-state index in [0.29, 0.717) is 0 Å². The molecule has 2 heterocycles. The molecule has 0 N–H and O–H groups in total. The van der Waals surface area contributed by atoms with Crippen molar-refractivity contribution in [2.75, 3.05) is 9.80 Å². The first-order valence-electron chi connectivity index (χ1n) is 22.3. The maximum absolute atomic E-state index is 7.03. The molecular weight excluding hydrogens is 781 g/mol. The van der Waals surface area contributed by atoms with Crippen LogP contribution in [0.15, 0.2) is 203 Å². The Kier molecular flexibility index (Phi) is 7.67. The summed E-state index contributed by atoms with van der Waals surface area (Å²) in [6, 6.07) is 69.5. The molecule has 4 heteroatoms. The van der Waals surface area contributed by atoms with Crippen molar-refractivity contribution in [3.05, 3.63) is 216 Å². The zero-order valence-electron chi connectivity index (χ0n) is 36.2. The maximum Gasteiger partial charge on any atom is 0.160 e. The molecule has 4 nitrogen and oxygen atoms in total. The summed E-state index contributed by atoms with van der Waals surface area (Å²) in [6.45, 7) is 9.74. The molecule has 0 atom stereocenters. The Labute approximate surface area is 372 Å². The van der Waals surface area contributed by atoms with Crippen molar-refractivity contribution in [1.82, 2.24) is 0 Å². The molecule has 0 unspecified atom stereocenters. The molecule has 0 bridgehead atoms. The number of nitrogens with zero attached hydrogens (tertiary/aromatic N) is 2. The first-order valence-corrected chi connectivity index (χ1v) is 22.3. The SMILES string of the molecule is CC1(C)c2cc(N(c3ccccc3)c3ccccc3)c3oc4ccccc4c3c2-c2ccc3c(c21)C(C)(C)c1cc(N(c2ccccc2)c2ccccc2)c2oc4ccccc4c2c1-3. The summed E-state index contributed by atoms with van der Waals surface area (Å²) in [5.74, 6) is 0. The van der Waals surface area contributed by atoms with Crippen molar-refractivity contribution < 1.29 is 8.83 Å². The molecule has 64 heavy (non-hydrogen) atoms. The standard InChI is InChI=1S/C60H44N2O2/c1-59(2)45-35-47(61(37-21-9-5-10-22-37)38-23-11-6-12-24-38)57-53(41-29-17-19-31-49(41)63-57)51(45)43-33-34-44-52-46(60(3,4)56(44)55(43)59)36-48(58-54(52)42-30-18-20-32-50(42)64-58)62(39-25-13-7-14-26-39)40-27-15-8-16-28-40/h5-36H,1-4H3. The molecule has 2 aromatic heterocycles. The van der Waals surface area contributed by atoms with Gasteiger partial charge in [0.25, 0.3) is 0 Å². The lowest BCUT2D eigenvalue weighted by atomic mass is 9.72. The van der Waals surface area contributed by atoms with Crippen LogP contribution in [0.5, 0.6) is 0 Å². The van der Waals surface area contributed by atoms with Crippen LogP contribution in [0, 0.1) is 0 Å². The first kappa shape index (κ1) is 36.8. The predicted octanol–water partition coefficient (Wildman–Crippen LogP) is 17.0. The molecule has 0 aliphatic heterocycles. The van der Waals surface area contributed by atoms with Crippen molar-refractivity contribution in [3.63, 3.8) is 0 Å². The van der Waals surface area contributed by atoms with Gasteiger partial charge in [0.1, 0.15) is 11.2 Å². The van der Waals surface area contributed by atoms with Crippen LogP contribution in [-0.2, 0) is 10.8 Å². The van der Waals surface area contributed by atoms with Gasteiger partial charge in [0.15, 0.2) is 11.2 Å². The van der Waals surface area contributed by atoms with Gasteiger partial charge in [0.2, 0.25) is 0 Å². The fourth-order valence-electron chi connectivity index (χ4n) is 11.4. The molecule has 2 aliphatic carbocycles. The Morgan fingerprint density at radius 1 is 0.359 bits per heavy atom. The number of benzene rings is 9. The summed E-state index contributed by atoms with van der Waals surface area (Å²) < 4.78 is 14.1. The zero-order chi connectivity index (χ0) is 42.9. The van der Waals surface area contributed by atoms with Crippen LogP contribution in [0.2, 0.25) is 0 Å². The van der Waals surface area contributed by atoms with E-state index in [2.05, 4.69) is 232 Å². The molecule has 0 radical (unpaired) electrons. The third-order valence-electron chi connectivity index (χ3n) is 14.1. The smallest absolute Gasteiger partial charge is 0.160 e. The molecule has 2 aliphatic rings. The van der Waals surface area contributed by atoms with Crippen LogP contribution in [0.25, 0.3) is 66.1 Å². The van der Waals surface area contributed by atoms with Crippen molar-refractivity contribution in [3.8, 4) is 22.3 Å². The second-order valence-corrected chi connectivity index (χ2v) is 18.4. The molecule has 0 fully saturated rings. The first-order chi connectivity index (χ1) is 31.3. The summed E-state index contributed by atoms with van der Waals surface area (Å²) in [5, 5.41) is 4.57. The van der Waals surface area contributed by atoms with E-state index in [4.69, 9.17) is 8.83 Å². The Bertz CT molecular complexity index is 3340. The summed E-state index contributed by atoms with van der Waals surface area (Å²) in [6.07, 6.45) is 0. The Balaban J connectivity index is 1.11. The summed E-state index contributed by atoms with van der Waals surface area (Å²) >= 11 is 0. The van der Waals surface area contributed by atoms with E-state index in [1.165, 1.54) is 44.5 Å². The quantitative estimate of drug-likeness (QED) is 0.167. The Hall–Kier alpha value is -7.82. The second kappa shape index (κ2) is 13.3. The summed E-state index contributed by atoms with van der Waals surface area (Å²) in [5.41, 5.74) is 19.6. The van der Waals surface area contributed by atoms with Crippen LogP contribution in [0.3, 0.4) is 0 Å². The topological polar surface area (TPSA) is 32.8 Å². The highest BCUT2D eigenvalue weighted by molar-refractivity contribution is 6.22. The molecule has 0 saturated carbocycles. The normalized spacial score (nSPS) is 14.2. The summed E-state index contributed by atoms with van der Waals surface area (Å²) in [4.78, 5) is 4.73. The van der Waals surface area contributed by atoms with Crippen molar-refractivity contribution in [2.24, 2.45) is 0 Å². The van der Waals surface area contributed by atoms with Gasteiger partial charge in [0.05, 0.1) is 11.4 Å². The van der Waals surface area contributed by atoms with Crippen LogP contribution in [0.4, 0.5) is 34.1 Å². The van der Waals surface area contributed by atoms with Gasteiger partial charge >= 0.3 is 0 Å². The molecule has 11 aromatic rings. The minimum atomic E-state index is -0.379. The molecule has 0 spiro atoms. The van der Waals surface area contributed by atoms with Crippen LogP contribution >= 0.6 is 0 Å². The number of rotatable bonds is 6. The number of anilines is 6. The third-order valence-corrected chi connectivity index (χ3v) is 14.1. The number of para-hydroxylation sites is 6. The highest BCUT2D eigenvalue weighted by Crippen LogP contribution is 2.64. The predicted molar refractivity (Wildman–Crippen MR) is 265 cm³/mol. The van der Waals surface area contributed by atoms with Crippen molar-refractivity contribution in [2.45, 2.75) is 38.5 Å². The van der Waals surface area contributed by atoms with Gasteiger partial charge in [-0.05, 0) is 117 Å². The number of furan rings is 2. The highest BCUT2D eigenvalue weighted by atomic mass is 16.3. The largest absolute Gasteiger partial charge is 0.454 e. The summed E-state index contributed by atoms with van der Waals surface area (Å²) in [7, 11) is 0. The lowest BCUT2D eigenvalue weighted by Gasteiger charge is -2.32. The third kappa shape index (κ3) is 4.99. The number of hydrogen-bond donors (Lipinski definition) is 0. The van der Waals surface area contributed by atoms with Crippen LogP contribution in [-0.4, -0.2) is 0 Å². The fourth-order valence-corrected chi connectivity index (χ4v) is 11.4. The van der Waals surface area contributed by atoms with E-state index < -0.39 is 0 Å². The highest BCUT2D eigenvalue weighted by Gasteiger charge is 2.48. The van der Waals surface area contributed by atoms with E-state index >= 15 is 0 Å². The van der Waals surface area contributed by atoms with Gasteiger partial charge < -0.3 is 18.6 Å². The van der Waals surface area contributed by atoms with Gasteiger partial charge in [-0.1, -0.05) is 149 Å². The molecule has 9 aromatic carbocycles. The molecule has 13 rings (SSSR count). The van der Waals surface area contributed by atoms with E-state index in [0.717, 1.165) is 78.0 Å². The van der Waals surface area contributed by atoms with Crippen molar-refractivity contribution >= 4 is 78.0 Å². The second-order valence-electron chi connectivity index (χ2n) is 18.4. The minimum Gasteiger partial charge on any atom is -0.454 e. The maximum atomic E-state index is 7.03. The van der Waals surface area contributed by atoms with E-state index in [1.54, 1.807) is 0 Å². The van der Waals surface area contributed by atoms with Gasteiger partial charge in [-0.2, -0.15) is 0 Å². The zero-order valence-corrected chi connectivity index (χ0v) is 36.2. The Morgan fingerprint density at radius 3 is 1.02 bits per heavy atom. The average molecular weight is 825 g/mol. The van der Waals surface area contributed by atoms with Gasteiger partial charge in [0, 0.05) is 55.1 Å². The van der Waals surface area contributed by atoms with Gasteiger partial charge in [-0.15, -0.1) is 0 Å². The average Bonchev–Trinajstić information content (AvgIpc) is 4.04. The monoisotopic (exact) mass is 824 g/mol. The van der Waals surface area contributed by atoms with Gasteiger partial charge in [-0.25, -0.2) is 0 Å². The van der Waals surface area contributed by atoms with E-state index in [1.807, 2.05) is 0 Å². The fraction of sp³-hybridized carbons (Fsp3) is 0.100. The van der Waals surface area contributed by atoms with Crippen LogP contribution in [0.1, 0.15) is 49.9 Å².